The maximum Gasteiger partial charge on any atom is 0.116 e. The molecule has 1 rings (SSSR count). The zero-order valence-corrected chi connectivity index (χ0v) is 8.25. The van der Waals surface area contributed by atoms with E-state index in [0.29, 0.717) is 0 Å². The number of aliphatic imine (C=N–C) groups is 1. The molecule has 0 saturated carbocycles. The summed E-state index contributed by atoms with van der Waals surface area (Å²) in [4.78, 5) is 4.29. The Morgan fingerprint density at radius 1 is 1.46 bits per heavy atom. The van der Waals surface area contributed by atoms with Gasteiger partial charge in [-0.3, -0.25) is 4.99 Å². The zero-order chi connectivity index (χ0) is 9.68. The standard InChI is InChI=1S/C11H14BN/c1-3-4-7-13-11-6-5-9(2)8-10(11)12/h5-8H,3-4H2,1-2H3. The summed E-state index contributed by atoms with van der Waals surface area (Å²) in [6.45, 7) is 4.15. The second-order valence-electron chi connectivity index (χ2n) is 3.16. The molecule has 0 amide bonds. The van der Waals surface area contributed by atoms with Gasteiger partial charge in [0.25, 0.3) is 0 Å². The molecule has 13 heavy (non-hydrogen) atoms. The van der Waals surface area contributed by atoms with Gasteiger partial charge in [-0.2, -0.15) is 0 Å². The molecule has 1 aromatic carbocycles. The van der Waals surface area contributed by atoms with E-state index in [-0.39, 0.29) is 0 Å². The number of unbranched alkanes of at least 4 members (excludes halogenated alkanes) is 1. The van der Waals surface area contributed by atoms with Gasteiger partial charge in [-0.05, 0) is 19.4 Å². The third kappa shape index (κ3) is 3.06. The van der Waals surface area contributed by atoms with Gasteiger partial charge in [-0.25, -0.2) is 0 Å². The quantitative estimate of drug-likeness (QED) is 0.488. The molecule has 0 aliphatic heterocycles. The van der Waals surface area contributed by atoms with Crippen LogP contribution in [0.15, 0.2) is 23.2 Å². The lowest BCUT2D eigenvalue weighted by molar-refractivity contribution is 1.01. The van der Waals surface area contributed by atoms with E-state index in [9.17, 15) is 0 Å². The molecule has 1 nitrogen and oxygen atoms in total. The monoisotopic (exact) mass is 171 g/mol. The average Bonchev–Trinajstić information content (AvgIpc) is 2.09. The van der Waals surface area contributed by atoms with Gasteiger partial charge in [0.2, 0.25) is 0 Å². The number of rotatable bonds is 3. The Balaban J connectivity index is 2.77. The van der Waals surface area contributed by atoms with Crippen molar-refractivity contribution in [2.75, 3.05) is 0 Å². The molecule has 0 spiro atoms. The minimum absolute atomic E-state index is 0.757. The van der Waals surface area contributed by atoms with E-state index in [1.54, 1.807) is 0 Å². The van der Waals surface area contributed by atoms with Gasteiger partial charge in [-0.1, -0.05) is 36.5 Å². The topological polar surface area (TPSA) is 12.4 Å². The van der Waals surface area contributed by atoms with Crippen molar-refractivity contribution in [2.45, 2.75) is 26.7 Å². The van der Waals surface area contributed by atoms with E-state index in [4.69, 9.17) is 7.85 Å². The fraction of sp³-hybridized carbons (Fsp3) is 0.364. The van der Waals surface area contributed by atoms with Gasteiger partial charge in [0.15, 0.2) is 0 Å². The predicted molar refractivity (Wildman–Crippen MR) is 59.6 cm³/mol. The van der Waals surface area contributed by atoms with Crippen LogP contribution in [0.2, 0.25) is 0 Å². The van der Waals surface area contributed by atoms with Crippen LogP contribution < -0.4 is 5.46 Å². The molecule has 0 fully saturated rings. The molecule has 1 aromatic rings. The molecular weight excluding hydrogens is 157 g/mol. The fourth-order valence-electron chi connectivity index (χ4n) is 1.08. The van der Waals surface area contributed by atoms with Crippen molar-refractivity contribution in [3.8, 4) is 0 Å². The van der Waals surface area contributed by atoms with Crippen LogP contribution in [0.4, 0.5) is 5.69 Å². The largest absolute Gasteiger partial charge is 0.262 e. The number of hydrogen-bond acceptors (Lipinski definition) is 1. The molecule has 0 aliphatic rings. The molecule has 0 bridgehead atoms. The molecule has 0 aliphatic carbocycles. The SMILES string of the molecule is [B]c1cc(C)ccc1N=CCCC. The van der Waals surface area contributed by atoms with Crippen LogP contribution in [0.25, 0.3) is 0 Å². The van der Waals surface area contributed by atoms with Gasteiger partial charge in [0, 0.05) is 6.21 Å². The molecule has 0 saturated heterocycles. The Bertz CT molecular complexity index is 305. The Morgan fingerprint density at radius 2 is 2.23 bits per heavy atom. The first-order valence-corrected chi connectivity index (χ1v) is 4.62. The van der Waals surface area contributed by atoms with Gasteiger partial charge >= 0.3 is 0 Å². The summed E-state index contributed by atoms with van der Waals surface area (Å²) in [7, 11) is 5.79. The second kappa shape index (κ2) is 4.85. The number of hydrogen-bond donors (Lipinski definition) is 0. The lowest BCUT2D eigenvalue weighted by Crippen LogP contribution is -2.02. The molecule has 0 aromatic heterocycles. The highest BCUT2D eigenvalue weighted by molar-refractivity contribution is 6.35. The highest BCUT2D eigenvalue weighted by Crippen LogP contribution is 2.08. The van der Waals surface area contributed by atoms with E-state index < -0.39 is 0 Å². The maximum atomic E-state index is 5.79. The normalized spacial score (nSPS) is 10.9. The molecule has 66 valence electrons. The summed E-state index contributed by atoms with van der Waals surface area (Å²) in [5, 5.41) is 0. The average molecular weight is 171 g/mol. The highest BCUT2D eigenvalue weighted by Gasteiger charge is 1.93. The van der Waals surface area contributed by atoms with Crippen molar-refractivity contribution >= 4 is 25.2 Å². The second-order valence-corrected chi connectivity index (χ2v) is 3.16. The number of nitrogens with zero attached hydrogens (tertiary/aromatic N) is 1. The van der Waals surface area contributed by atoms with Crippen LogP contribution in [0.1, 0.15) is 25.3 Å². The summed E-state index contributed by atoms with van der Waals surface area (Å²) in [6.07, 6.45) is 4.05. The van der Waals surface area contributed by atoms with Crippen molar-refractivity contribution in [3.05, 3.63) is 23.8 Å². The molecule has 0 unspecified atom stereocenters. The summed E-state index contributed by atoms with van der Waals surface area (Å²) < 4.78 is 0. The smallest absolute Gasteiger partial charge is 0.116 e. The molecule has 2 heteroatoms. The molecule has 0 atom stereocenters. The third-order valence-electron chi connectivity index (χ3n) is 1.83. The Labute approximate surface area is 81.3 Å². The van der Waals surface area contributed by atoms with Crippen molar-refractivity contribution in [3.63, 3.8) is 0 Å². The van der Waals surface area contributed by atoms with Crippen LogP contribution >= 0.6 is 0 Å². The first-order chi connectivity index (χ1) is 6.24. The maximum absolute atomic E-state index is 5.79. The van der Waals surface area contributed by atoms with Crippen LogP contribution in [0.5, 0.6) is 0 Å². The van der Waals surface area contributed by atoms with Gasteiger partial charge in [-0.15, -0.1) is 0 Å². The van der Waals surface area contributed by atoms with Crippen molar-refractivity contribution in [1.29, 1.82) is 0 Å². The Hall–Kier alpha value is -1.05. The number of aryl methyl sites for hydroxylation is 1. The van der Waals surface area contributed by atoms with E-state index in [1.807, 2.05) is 31.3 Å². The van der Waals surface area contributed by atoms with E-state index in [1.165, 1.54) is 5.56 Å². The van der Waals surface area contributed by atoms with Gasteiger partial charge < -0.3 is 0 Å². The first kappa shape index (κ1) is 10.0. The Morgan fingerprint density at radius 3 is 2.85 bits per heavy atom. The minimum atomic E-state index is 0.757. The van der Waals surface area contributed by atoms with Crippen LogP contribution in [-0.4, -0.2) is 14.1 Å². The summed E-state index contributed by atoms with van der Waals surface area (Å²) in [6, 6.07) is 5.92. The highest BCUT2D eigenvalue weighted by atomic mass is 14.7. The van der Waals surface area contributed by atoms with Gasteiger partial charge in [0.05, 0.1) is 5.69 Å². The lowest BCUT2D eigenvalue weighted by Gasteiger charge is -2.00. The number of benzene rings is 1. The minimum Gasteiger partial charge on any atom is -0.262 e. The van der Waals surface area contributed by atoms with Crippen molar-refractivity contribution < 1.29 is 0 Å². The lowest BCUT2D eigenvalue weighted by atomic mass is 9.92. The van der Waals surface area contributed by atoms with E-state index in [0.717, 1.165) is 24.0 Å². The summed E-state index contributed by atoms with van der Waals surface area (Å²) in [5.41, 5.74) is 2.80. The van der Waals surface area contributed by atoms with Gasteiger partial charge in [0.1, 0.15) is 7.85 Å². The predicted octanol–water partition coefficient (Wildman–Crippen LogP) is 2.29. The molecule has 0 heterocycles. The van der Waals surface area contributed by atoms with Crippen LogP contribution in [0.3, 0.4) is 0 Å². The summed E-state index contributed by atoms with van der Waals surface area (Å²) >= 11 is 0. The van der Waals surface area contributed by atoms with E-state index >= 15 is 0 Å². The molecular formula is C11H14BN. The van der Waals surface area contributed by atoms with Crippen LogP contribution in [-0.2, 0) is 0 Å². The van der Waals surface area contributed by atoms with Crippen LogP contribution in [0, 0.1) is 6.92 Å². The van der Waals surface area contributed by atoms with E-state index in [2.05, 4.69) is 11.9 Å². The zero-order valence-electron chi connectivity index (χ0n) is 8.25. The summed E-state index contributed by atoms with van der Waals surface area (Å²) in [5.74, 6) is 0. The van der Waals surface area contributed by atoms with Crippen molar-refractivity contribution in [2.24, 2.45) is 4.99 Å². The first-order valence-electron chi connectivity index (χ1n) is 4.62. The molecule has 2 radical (unpaired) electrons. The Kier molecular flexibility index (Phi) is 3.75. The third-order valence-corrected chi connectivity index (χ3v) is 1.83. The fourth-order valence-corrected chi connectivity index (χ4v) is 1.08. The molecule has 0 N–H and O–H groups in total. The van der Waals surface area contributed by atoms with Crippen molar-refractivity contribution in [1.82, 2.24) is 0 Å².